The van der Waals surface area contributed by atoms with E-state index in [1.54, 1.807) is 0 Å². The highest BCUT2D eigenvalue weighted by Gasteiger charge is 2.13. The average molecular weight is 130 g/mol. The molecule has 0 fully saturated rings. The third-order valence-corrected chi connectivity index (χ3v) is 1.49. The van der Waals surface area contributed by atoms with Crippen molar-refractivity contribution in [3.8, 4) is 24.0 Å². The van der Waals surface area contributed by atoms with E-state index in [4.69, 9.17) is 10.5 Å². The summed E-state index contributed by atoms with van der Waals surface area (Å²) in [6, 6.07) is 4.13. The Morgan fingerprint density at radius 1 is 1.00 bits per heavy atom. The Morgan fingerprint density at radius 3 is 1.60 bits per heavy atom. The fraction of sp³-hybridized carbons (Fsp3) is 0.500. The van der Waals surface area contributed by atoms with Gasteiger partial charge in [-0.1, -0.05) is 11.8 Å². The van der Waals surface area contributed by atoms with E-state index in [0.29, 0.717) is 0 Å². The second kappa shape index (κ2) is 2.90. The van der Waals surface area contributed by atoms with E-state index in [1.165, 1.54) is 0 Å². The number of rotatable bonds is 0. The van der Waals surface area contributed by atoms with E-state index in [1.807, 2.05) is 0 Å². The van der Waals surface area contributed by atoms with Crippen LogP contribution >= 0.6 is 0 Å². The molecule has 2 heteroatoms. The van der Waals surface area contributed by atoms with Crippen molar-refractivity contribution in [1.29, 1.82) is 10.5 Å². The topological polar surface area (TPSA) is 47.6 Å². The molecule has 1 aliphatic carbocycles. The van der Waals surface area contributed by atoms with Gasteiger partial charge in [-0.2, -0.15) is 10.5 Å². The highest BCUT2D eigenvalue weighted by Crippen LogP contribution is 2.15. The summed E-state index contributed by atoms with van der Waals surface area (Å²) in [5.41, 5.74) is 0. The minimum Gasteiger partial charge on any atom is -0.197 e. The minimum absolute atomic E-state index is 0.135. The highest BCUT2D eigenvalue weighted by atomic mass is 14.3. The molecule has 2 nitrogen and oxygen atoms in total. The first kappa shape index (κ1) is 6.66. The molecule has 0 aromatic carbocycles. The van der Waals surface area contributed by atoms with Crippen LogP contribution in [0, 0.1) is 46.3 Å². The second-order valence-electron chi connectivity index (χ2n) is 2.23. The van der Waals surface area contributed by atoms with Crippen molar-refractivity contribution in [2.75, 3.05) is 0 Å². The van der Waals surface area contributed by atoms with Crippen LogP contribution in [0.1, 0.15) is 12.8 Å². The lowest BCUT2D eigenvalue weighted by molar-refractivity contribution is 0.610. The first-order valence-electron chi connectivity index (χ1n) is 3.17. The lowest BCUT2D eigenvalue weighted by Crippen LogP contribution is -2.05. The second-order valence-corrected chi connectivity index (χ2v) is 2.23. The molecular weight excluding hydrogens is 124 g/mol. The molecule has 0 aliphatic heterocycles. The van der Waals surface area contributed by atoms with Crippen LogP contribution in [-0.4, -0.2) is 0 Å². The fourth-order valence-corrected chi connectivity index (χ4v) is 0.873. The van der Waals surface area contributed by atoms with Crippen molar-refractivity contribution >= 4 is 0 Å². The van der Waals surface area contributed by atoms with Crippen molar-refractivity contribution in [3.05, 3.63) is 0 Å². The van der Waals surface area contributed by atoms with E-state index >= 15 is 0 Å². The average Bonchev–Trinajstić information content (AvgIpc) is 2.05. The summed E-state index contributed by atoms with van der Waals surface area (Å²) in [4.78, 5) is 0. The molecule has 0 aromatic rings. The Labute approximate surface area is 60.1 Å². The predicted octanol–water partition coefficient (Wildman–Crippen LogP) is 1.06. The summed E-state index contributed by atoms with van der Waals surface area (Å²) in [6.45, 7) is 0. The van der Waals surface area contributed by atoms with Gasteiger partial charge in [-0.25, -0.2) is 0 Å². The molecule has 0 aromatic heterocycles. The smallest absolute Gasteiger partial charge is 0.107 e. The lowest BCUT2D eigenvalue weighted by atomic mass is 9.93. The zero-order valence-electron chi connectivity index (χ0n) is 5.46. The Balaban J connectivity index is 2.64. The van der Waals surface area contributed by atoms with Crippen molar-refractivity contribution < 1.29 is 0 Å². The molecule has 1 rings (SSSR count). The van der Waals surface area contributed by atoms with Gasteiger partial charge < -0.3 is 0 Å². The maximum atomic E-state index is 8.41. The molecule has 0 saturated carbocycles. The summed E-state index contributed by atoms with van der Waals surface area (Å²) in [6.07, 6.45) is 1.50. The Morgan fingerprint density at radius 2 is 1.40 bits per heavy atom. The summed E-state index contributed by atoms with van der Waals surface area (Å²) < 4.78 is 0. The highest BCUT2D eigenvalue weighted by molar-refractivity contribution is 5.21. The Bertz CT molecular complexity index is 230. The molecule has 0 saturated heterocycles. The van der Waals surface area contributed by atoms with E-state index in [9.17, 15) is 0 Å². The molecule has 0 heterocycles. The minimum atomic E-state index is -0.135. The van der Waals surface area contributed by atoms with Crippen molar-refractivity contribution in [2.24, 2.45) is 11.8 Å². The summed E-state index contributed by atoms with van der Waals surface area (Å²) in [5.74, 6) is 5.20. The standard InChI is InChI=1S/C8H6N2/c9-5-7-1-2-8(6-10)4-3-7/h7-8H,1-2H2. The summed E-state index contributed by atoms with van der Waals surface area (Å²) in [7, 11) is 0. The van der Waals surface area contributed by atoms with Crippen molar-refractivity contribution in [1.82, 2.24) is 0 Å². The van der Waals surface area contributed by atoms with Crippen molar-refractivity contribution in [3.63, 3.8) is 0 Å². The van der Waals surface area contributed by atoms with Gasteiger partial charge in [-0.05, 0) is 12.8 Å². The zero-order chi connectivity index (χ0) is 7.40. The van der Waals surface area contributed by atoms with Gasteiger partial charge in [0.15, 0.2) is 0 Å². The zero-order valence-corrected chi connectivity index (χ0v) is 5.46. The van der Waals surface area contributed by atoms with Gasteiger partial charge in [-0.3, -0.25) is 0 Å². The number of hydrogen-bond donors (Lipinski definition) is 0. The SMILES string of the molecule is N#CC1C#CC(C#N)CC1. The molecule has 10 heavy (non-hydrogen) atoms. The van der Waals surface area contributed by atoms with E-state index in [2.05, 4.69) is 24.0 Å². The Kier molecular flexibility index (Phi) is 1.93. The molecule has 0 amide bonds. The first-order chi connectivity index (χ1) is 4.86. The van der Waals surface area contributed by atoms with Gasteiger partial charge in [0.2, 0.25) is 0 Å². The molecular formula is C8H6N2. The van der Waals surface area contributed by atoms with Gasteiger partial charge in [0.1, 0.15) is 11.8 Å². The molecule has 48 valence electrons. The van der Waals surface area contributed by atoms with Gasteiger partial charge in [0, 0.05) is 0 Å². The quantitative estimate of drug-likeness (QED) is 0.460. The normalized spacial score (nSPS) is 29.0. The lowest BCUT2D eigenvalue weighted by Gasteiger charge is -2.07. The van der Waals surface area contributed by atoms with Crippen LogP contribution in [0.4, 0.5) is 0 Å². The molecule has 0 radical (unpaired) electrons. The van der Waals surface area contributed by atoms with Gasteiger partial charge in [0.25, 0.3) is 0 Å². The number of nitriles is 2. The van der Waals surface area contributed by atoms with Crippen LogP contribution in [0.25, 0.3) is 0 Å². The molecule has 2 unspecified atom stereocenters. The molecule has 2 atom stereocenters. The van der Waals surface area contributed by atoms with Crippen LogP contribution in [0.2, 0.25) is 0 Å². The van der Waals surface area contributed by atoms with Crippen LogP contribution in [0.5, 0.6) is 0 Å². The van der Waals surface area contributed by atoms with E-state index < -0.39 is 0 Å². The molecule has 1 aliphatic rings. The van der Waals surface area contributed by atoms with E-state index in [-0.39, 0.29) is 11.8 Å². The number of nitrogens with zero attached hydrogens (tertiary/aromatic N) is 2. The fourth-order valence-electron chi connectivity index (χ4n) is 0.873. The molecule has 0 bridgehead atoms. The van der Waals surface area contributed by atoms with Gasteiger partial charge >= 0.3 is 0 Å². The van der Waals surface area contributed by atoms with Crippen molar-refractivity contribution in [2.45, 2.75) is 12.8 Å². The van der Waals surface area contributed by atoms with E-state index in [0.717, 1.165) is 12.8 Å². The molecule has 0 spiro atoms. The third-order valence-electron chi connectivity index (χ3n) is 1.49. The molecule has 0 N–H and O–H groups in total. The largest absolute Gasteiger partial charge is 0.197 e. The third kappa shape index (κ3) is 1.28. The van der Waals surface area contributed by atoms with Crippen LogP contribution in [-0.2, 0) is 0 Å². The summed E-state index contributed by atoms with van der Waals surface area (Å²) >= 11 is 0. The van der Waals surface area contributed by atoms with Gasteiger partial charge in [-0.15, -0.1) is 0 Å². The maximum absolute atomic E-state index is 8.41. The van der Waals surface area contributed by atoms with Crippen LogP contribution in [0.15, 0.2) is 0 Å². The monoisotopic (exact) mass is 130 g/mol. The van der Waals surface area contributed by atoms with Gasteiger partial charge in [0.05, 0.1) is 12.1 Å². The summed E-state index contributed by atoms with van der Waals surface area (Å²) in [5, 5.41) is 16.8. The number of hydrogen-bond acceptors (Lipinski definition) is 2. The predicted molar refractivity (Wildman–Crippen MR) is 35.2 cm³/mol. The Hall–Kier alpha value is -1.46. The first-order valence-corrected chi connectivity index (χ1v) is 3.17. The van der Waals surface area contributed by atoms with Crippen LogP contribution < -0.4 is 0 Å². The maximum Gasteiger partial charge on any atom is 0.107 e. The van der Waals surface area contributed by atoms with Crippen LogP contribution in [0.3, 0.4) is 0 Å².